The standard InChI is InChI=1S/C12H15ClN4/c1-4-11-8(2)16-17(9(11)3)12-7-14-10(5-13)6-15-12/h6-7H,4-5H2,1-3H3. The number of aromatic nitrogens is 4. The van der Waals surface area contributed by atoms with E-state index in [2.05, 4.69) is 28.9 Å². The van der Waals surface area contributed by atoms with E-state index in [0.29, 0.717) is 5.88 Å². The van der Waals surface area contributed by atoms with Gasteiger partial charge in [0, 0.05) is 5.69 Å². The summed E-state index contributed by atoms with van der Waals surface area (Å²) in [6, 6.07) is 0. The zero-order valence-corrected chi connectivity index (χ0v) is 11.0. The number of hydrogen-bond acceptors (Lipinski definition) is 3. The molecule has 0 spiro atoms. The Morgan fingerprint density at radius 1 is 1.24 bits per heavy atom. The summed E-state index contributed by atoms with van der Waals surface area (Å²) in [6.07, 6.45) is 4.37. The average Bonchev–Trinajstić information content (AvgIpc) is 2.64. The maximum absolute atomic E-state index is 5.68. The third-order valence-electron chi connectivity index (χ3n) is 2.84. The van der Waals surface area contributed by atoms with Crippen LogP contribution in [0.25, 0.3) is 5.82 Å². The molecule has 2 heterocycles. The van der Waals surface area contributed by atoms with Gasteiger partial charge in [-0.2, -0.15) is 5.10 Å². The molecular formula is C12H15ClN4. The molecular weight excluding hydrogens is 236 g/mol. The second-order valence-corrected chi connectivity index (χ2v) is 4.18. The topological polar surface area (TPSA) is 43.6 Å². The van der Waals surface area contributed by atoms with Crippen LogP contribution in [-0.2, 0) is 12.3 Å². The SMILES string of the molecule is CCc1c(C)nn(-c2cnc(CCl)cn2)c1C. The van der Waals surface area contributed by atoms with Gasteiger partial charge in [0.2, 0.25) is 0 Å². The number of rotatable bonds is 3. The molecule has 90 valence electrons. The first kappa shape index (κ1) is 12.0. The van der Waals surface area contributed by atoms with Crippen LogP contribution >= 0.6 is 11.6 Å². The fourth-order valence-corrected chi connectivity index (χ4v) is 2.07. The van der Waals surface area contributed by atoms with Crippen molar-refractivity contribution in [3.05, 3.63) is 35.0 Å². The third kappa shape index (κ3) is 2.17. The molecule has 0 aliphatic rings. The van der Waals surface area contributed by atoms with Crippen molar-refractivity contribution in [2.45, 2.75) is 33.1 Å². The van der Waals surface area contributed by atoms with Crippen molar-refractivity contribution < 1.29 is 0 Å². The normalized spacial score (nSPS) is 10.8. The number of aryl methyl sites for hydroxylation is 1. The molecule has 4 nitrogen and oxygen atoms in total. The van der Waals surface area contributed by atoms with E-state index in [1.54, 1.807) is 12.4 Å². The molecule has 17 heavy (non-hydrogen) atoms. The van der Waals surface area contributed by atoms with Crippen molar-refractivity contribution in [2.24, 2.45) is 0 Å². The summed E-state index contributed by atoms with van der Waals surface area (Å²) in [6.45, 7) is 6.20. The Balaban J connectivity index is 2.45. The van der Waals surface area contributed by atoms with Crippen LogP contribution in [-0.4, -0.2) is 19.7 Å². The lowest BCUT2D eigenvalue weighted by Crippen LogP contribution is -2.03. The largest absolute Gasteiger partial charge is 0.254 e. The van der Waals surface area contributed by atoms with Gasteiger partial charge in [0.25, 0.3) is 0 Å². The molecule has 0 aromatic carbocycles. The lowest BCUT2D eigenvalue weighted by molar-refractivity contribution is 0.794. The number of alkyl halides is 1. The molecule has 0 N–H and O–H groups in total. The minimum atomic E-state index is 0.380. The molecule has 2 aromatic rings. The Labute approximate surface area is 106 Å². The van der Waals surface area contributed by atoms with Crippen LogP contribution in [0.4, 0.5) is 0 Å². The lowest BCUT2D eigenvalue weighted by Gasteiger charge is -2.03. The molecule has 0 fully saturated rings. The van der Waals surface area contributed by atoms with Crippen LogP contribution in [0.15, 0.2) is 12.4 Å². The molecule has 0 amide bonds. The monoisotopic (exact) mass is 250 g/mol. The Morgan fingerprint density at radius 2 is 2.00 bits per heavy atom. The molecule has 0 aliphatic carbocycles. The van der Waals surface area contributed by atoms with E-state index in [-0.39, 0.29) is 0 Å². The van der Waals surface area contributed by atoms with Crippen LogP contribution in [0.5, 0.6) is 0 Å². The smallest absolute Gasteiger partial charge is 0.172 e. The molecule has 2 rings (SSSR count). The maximum Gasteiger partial charge on any atom is 0.172 e. The maximum atomic E-state index is 5.68. The van der Waals surface area contributed by atoms with E-state index in [9.17, 15) is 0 Å². The quantitative estimate of drug-likeness (QED) is 0.787. The van der Waals surface area contributed by atoms with E-state index in [4.69, 9.17) is 11.6 Å². The molecule has 0 atom stereocenters. The highest BCUT2D eigenvalue weighted by atomic mass is 35.5. The summed E-state index contributed by atoms with van der Waals surface area (Å²) in [5.74, 6) is 1.11. The summed E-state index contributed by atoms with van der Waals surface area (Å²) >= 11 is 5.68. The predicted molar refractivity (Wildman–Crippen MR) is 67.6 cm³/mol. The zero-order chi connectivity index (χ0) is 12.4. The van der Waals surface area contributed by atoms with Gasteiger partial charge in [0.1, 0.15) is 0 Å². The summed E-state index contributed by atoms with van der Waals surface area (Å²) in [4.78, 5) is 8.55. The Bertz CT molecular complexity index is 516. The van der Waals surface area contributed by atoms with E-state index in [1.165, 1.54) is 5.56 Å². The van der Waals surface area contributed by atoms with Gasteiger partial charge >= 0.3 is 0 Å². The summed E-state index contributed by atoms with van der Waals surface area (Å²) in [5.41, 5.74) is 4.21. The van der Waals surface area contributed by atoms with Gasteiger partial charge in [-0.3, -0.25) is 4.98 Å². The van der Waals surface area contributed by atoms with Gasteiger partial charge in [-0.25, -0.2) is 9.67 Å². The van der Waals surface area contributed by atoms with Crippen LogP contribution in [0.3, 0.4) is 0 Å². The van der Waals surface area contributed by atoms with Crippen molar-refractivity contribution in [3.8, 4) is 5.82 Å². The Hall–Kier alpha value is -1.42. The highest BCUT2D eigenvalue weighted by Gasteiger charge is 2.11. The van der Waals surface area contributed by atoms with Crippen LogP contribution in [0.1, 0.15) is 29.6 Å². The number of halogens is 1. The van der Waals surface area contributed by atoms with Crippen molar-refractivity contribution in [1.82, 2.24) is 19.7 Å². The van der Waals surface area contributed by atoms with E-state index >= 15 is 0 Å². The first-order valence-electron chi connectivity index (χ1n) is 5.59. The summed E-state index contributed by atoms with van der Waals surface area (Å²) in [7, 11) is 0. The van der Waals surface area contributed by atoms with Gasteiger partial charge in [0.15, 0.2) is 5.82 Å². The van der Waals surface area contributed by atoms with Gasteiger partial charge in [-0.1, -0.05) is 6.92 Å². The van der Waals surface area contributed by atoms with Crippen molar-refractivity contribution in [1.29, 1.82) is 0 Å². The van der Waals surface area contributed by atoms with Crippen LogP contribution in [0, 0.1) is 13.8 Å². The van der Waals surface area contributed by atoms with E-state index < -0.39 is 0 Å². The second-order valence-electron chi connectivity index (χ2n) is 3.91. The first-order chi connectivity index (χ1) is 8.17. The van der Waals surface area contributed by atoms with Gasteiger partial charge in [-0.05, 0) is 25.8 Å². The molecule has 0 saturated carbocycles. The summed E-state index contributed by atoms with van der Waals surface area (Å²) in [5, 5.41) is 4.49. The highest BCUT2D eigenvalue weighted by molar-refractivity contribution is 6.16. The molecule has 0 aliphatic heterocycles. The lowest BCUT2D eigenvalue weighted by atomic mass is 10.1. The van der Waals surface area contributed by atoms with E-state index in [0.717, 1.165) is 29.3 Å². The molecule has 5 heteroatoms. The second kappa shape index (κ2) is 4.84. The van der Waals surface area contributed by atoms with Gasteiger partial charge < -0.3 is 0 Å². The van der Waals surface area contributed by atoms with Crippen LogP contribution < -0.4 is 0 Å². The molecule has 0 saturated heterocycles. The molecule has 2 aromatic heterocycles. The molecule has 0 unspecified atom stereocenters. The average molecular weight is 251 g/mol. The fourth-order valence-electron chi connectivity index (χ4n) is 1.94. The van der Waals surface area contributed by atoms with Crippen molar-refractivity contribution in [3.63, 3.8) is 0 Å². The number of hydrogen-bond donors (Lipinski definition) is 0. The first-order valence-corrected chi connectivity index (χ1v) is 6.13. The zero-order valence-electron chi connectivity index (χ0n) is 10.2. The fraction of sp³-hybridized carbons (Fsp3) is 0.417. The molecule has 0 bridgehead atoms. The predicted octanol–water partition coefficient (Wildman–Crippen LogP) is 2.58. The van der Waals surface area contributed by atoms with Gasteiger partial charge in [-0.15, -0.1) is 11.6 Å². The Kier molecular flexibility index (Phi) is 3.43. The highest BCUT2D eigenvalue weighted by Crippen LogP contribution is 2.16. The van der Waals surface area contributed by atoms with E-state index in [1.807, 2.05) is 11.6 Å². The van der Waals surface area contributed by atoms with Crippen molar-refractivity contribution in [2.75, 3.05) is 0 Å². The van der Waals surface area contributed by atoms with Crippen molar-refractivity contribution >= 4 is 11.6 Å². The minimum absolute atomic E-state index is 0.380. The third-order valence-corrected chi connectivity index (χ3v) is 3.11. The molecule has 0 radical (unpaired) electrons. The minimum Gasteiger partial charge on any atom is -0.254 e. The number of nitrogens with zero attached hydrogens (tertiary/aromatic N) is 4. The summed E-state index contributed by atoms with van der Waals surface area (Å²) < 4.78 is 1.83. The van der Waals surface area contributed by atoms with Gasteiger partial charge in [0.05, 0.1) is 29.7 Å². The van der Waals surface area contributed by atoms with Crippen LogP contribution in [0.2, 0.25) is 0 Å². The Morgan fingerprint density at radius 3 is 2.47 bits per heavy atom.